The molecule has 106 valence electrons. The van der Waals surface area contributed by atoms with E-state index in [4.69, 9.17) is 11.6 Å². The minimum Gasteiger partial charge on any atom is -0.351 e. The zero-order valence-electron chi connectivity index (χ0n) is 11.9. The van der Waals surface area contributed by atoms with Gasteiger partial charge < -0.3 is 5.32 Å². The molecule has 0 aliphatic rings. The fourth-order valence-electron chi connectivity index (χ4n) is 2.20. The maximum absolute atomic E-state index is 11.3. The van der Waals surface area contributed by atoms with Crippen LogP contribution in [0.15, 0.2) is 24.3 Å². The van der Waals surface area contributed by atoms with Crippen molar-refractivity contribution >= 4 is 17.5 Å². The zero-order valence-corrected chi connectivity index (χ0v) is 12.7. The summed E-state index contributed by atoms with van der Waals surface area (Å²) in [7, 11) is 0. The lowest BCUT2D eigenvalue weighted by Crippen LogP contribution is -2.24. The molecule has 0 saturated carbocycles. The number of alkyl halides is 1. The SMILES string of the molecule is Cc1ccccc1-n1nc(C)c(CNC(=O)CCl)c1C. The predicted molar refractivity (Wildman–Crippen MR) is 80.3 cm³/mol. The van der Waals surface area contributed by atoms with Crippen molar-refractivity contribution in [3.8, 4) is 5.69 Å². The molecule has 0 aliphatic heterocycles. The Balaban J connectivity index is 2.34. The Morgan fingerprint density at radius 2 is 2.00 bits per heavy atom. The van der Waals surface area contributed by atoms with Gasteiger partial charge in [-0.1, -0.05) is 18.2 Å². The number of halogens is 1. The van der Waals surface area contributed by atoms with Crippen LogP contribution in [0, 0.1) is 20.8 Å². The Morgan fingerprint density at radius 1 is 1.30 bits per heavy atom. The van der Waals surface area contributed by atoms with Gasteiger partial charge in [-0.25, -0.2) is 4.68 Å². The van der Waals surface area contributed by atoms with E-state index >= 15 is 0 Å². The topological polar surface area (TPSA) is 46.9 Å². The summed E-state index contributed by atoms with van der Waals surface area (Å²) in [6, 6.07) is 8.09. The second-order valence-electron chi connectivity index (χ2n) is 4.76. The Morgan fingerprint density at radius 3 is 2.65 bits per heavy atom. The van der Waals surface area contributed by atoms with Gasteiger partial charge in [-0.05, 0) is 32.4 Å². The third-order valence-corrected chi connectivity index (χ3v) is 3.61. The zero-order chi connectivity index (χ0) is 14.7. The van der Waals surface area contributed by atoms with E-state index in [0.29, 0.717) is 6.54 Å². The van der Waals surface area contributed by atoms with Crippen molar-refractivity contribution in [1.82, 2.24) is 15.1 Å². The smallest absolute Gasteiger partial charge is 0.235 e. The summed E-state index contributed by atoms with van der Waals surface area (Å²) in [5.41, 5.74) is 5.21. The first-order valence-electron chi connectivity index (χ1n) is 6.48. The number of nitrogens with zero attached hydrogens (tertiary/aromatic N) is 2. The van der Waals surface area contributed by atoms with Crippen LogP contribution in [0.4, 0.5) is 0 Å². The quantitative estimate of drug-likeness (QED) is 0.880. The predicted octanol–water partition coefficient (Wildman–Crippen LogP) is 2.65. The summed E-state index contributed by atoms with van der Waals surface area (Å²) in [5, 5.41) is 7.36. The van der Waals surface area contributed by atoms with E-state index in [1.54, 1.807) is 0 Å². The molecule has 0 atom stereocenters. The highest BCUT2D eigenvalue weighted by Crippen LogP contribution is 2.20. The molecule has 2 aromatic rings. The molecule has 0 bridgehead atoms. The van der Waals surface area contributed by atoms with Crippen molar-refractivity contribution < 1.29 is 4.79 Å². The van der Waals surface area contributed by atoms with Crippen molar-refractivity contribution in [2.45, 2.75) is 27.3 Å². The fraction of sp³-hybridized carbons (Fsp3) is 0.333. The molecule has 0 radical (unpaired) electrons. The van der Waals surface area contributed by atoms with Gasteiger partial charge in [-0.2, -0.15) is 5.10 Å². The largest absolute Gasteiger partial charge is 0.351 e. The van der Waals surface area contributed by atoms with E-state index in [2.05, 4.69) is 23.4 Å². The van der Waals surface area contributed by atoms with Crippen molar-refractivity contribution in [1.29, 1.82) is 0 Å². The first kappa shape index (κ1) is 14.6. The average molecular weight is 292 g/mol. The molecule has 1 aromatic carbocycles. The van der Waals surface area contributed by atoms with Crippen molar-refractivity contribution in [2.75, 3.05) is 5.88 Å². The highest BCUT2D eigenvalue weighted by molar-refractivity contribution is 6.27. The van der Waals surface area contributed by atoms with E-state index in [9.17, 15) is 4.79 Å². The second-order valence-corrected chi connectivity index (χ2v) is 5.03. The minimum absolute atomic E-state index is 0.0238. The van der Waals surface area contributed by atoms with E-state index in [0.717, 1.165) is 28.2 Å². The molecule has 5 heteroatoms. The van der Waals surface area contributed by atoms with Crippen LogP contribution < -0.4 is 5.32 Å². The van der Waals surface area contributed by atoms with Crippen LogP contribution in [0.3, 0.4) is 0 Å². The lowest BCUT2D eigenvalue weighted by molar-refractivity contribution is -0.118. The second kappa shape index (κ2) is 6.09. The summed E-state index contributed by atoms with van der Waals surface area (Å²) in [6.45, 7) is 6.47. The Labute approximate surface area is 123 Å². The summed E-state index contributed by atoms with van der Waals surface area (Å²) < 4.78 is 1.92. The van der Waals surface area contributed by atoms with Gasteiger partial charge in [0.05, 0.1) is 11.4 Å². The number of hydrogen-bond acceptors (Lipinski definition) is 2. The highest BCUT2D eigenvalue weighted by atomic mass is 35.5. The van der Waals surface area contributed by atoms with Crippen LogP contribution in [0.25, 0.3) is 5.69 Å². The molecule has 1 aromatic heterocycles. The van der Waals surface area contributed by atoms with Gasteiger partial charge in [0.25, 0.3) is 0 Å². The highest BCUT2D eigenvalue weighted by Gasteiger charge is 2.14. The number of amides is 1. The number of aromatic nitrogens is 2. The number of hydrogen-bond donors (Lipinski definition) is 1. The molecule has 0 unspecified atom stereocenters. The van der Waals surface area contributed by atoms with Gasteiger partial charge in [0.1, 0.15) is 5.88 Å². The molecular formula is C15H18ClN3O. The van der Waals surface area contributed by atoms with Crippen LogP contribution >= 0.6 is 11.6 Å². The minimum atomic E-state index is -0.172. The van der Waals surface area contributed by atoms with E-state index in [1.807, 2.05) is 36.7 Å². The van der Waals surface area contributed by atoms with Crippen LogP contribution in [0.5, 0.6) is 0 Å². The van der Waals surface area contributed by atoms with Gasteiger partial charge in [0.15, 0.2) is 0 Å². The first-order chi connectivity index (χ1) is 9.54. The lowest BCUT2D eigenvalue weighted by atomic mass is 10.1. The van der Waals surface area contributed by atoms with Gasteiger partial charge >= 0.3 is 0 Å². The Hall–Kier alpha value is -1.81. The van der Waals surface area contributed by atoms with E-state index in [1.165, 1.54) is 0 Å². The number of carbonyl (C=O) groups excluding carboxylic acids is 1. The molecule has 0 spiro atoms. The molecular weight excluding hydrogens is 274 g/mol. The number of para-hydroxylation sites is 1. The standard InChI is InChI=1S/C15H18ClN3O/c1-10-6-4-5-7-14(10)19-12(3)13(11(2)18-19)9-17-15(20)8-16/h4-7H,8-9H2,1-3H3,(H,17,20). The van der Waals surface area contributed by atoms with Crippen LogP contribution in [-0.2, 0) is 11.3 Å². The summed E-state index contributed by atoms with van der Waals surface area (Å²) in [4.78, 5) is 11.3. The van der Waals surface area contributed by atoms with Crippen LogP contribution in [-0.4, -0.2) is 21.6 Å². The van der Waals surface area contributed by atoms with Gasteiger partial charge in [-0.3, -0.25) is 4.79 Å². The Bertz CT molecular complexity index is 634. The third-order valence-electron chi connectivity index (χ3n) is 3.37. The number of carbonyl (C=O) groups is 1. The summed E-state index contributed by atoms with van der Waals surface area (Å²) in [6.07, 6.45) is 0. The number of rotatable bonds is 4. The van der Waals surface area contributed by atoms with Crippen molar-refractivity contribution in [3.05, 3.63) is 46.8 Å². The summed E-state index contributed by atoms with van der Waals surface area (Å²) in [5.74, 6) is -0.196. The third kappa shape index (κ3) is 2.85. The van der Waals surface area contributed by atoms with E-state index < -0.39 is 0 Å². The molecule has 0 saturated heterocycles. The van der Waals surface area contributed by atoms with Gasteiger partial charge in [0, 0.05) is 17.8 Å². The van der Waals surface area contributed by atoms with Crippen molar-refractivity contribution in [3.63, 3.8) is 0 Å². The van der Waals surface area contributed by atoms with Crippen molar-refractivity contribution in [2.24, 2.45) is 0 Å². The Kier molecular flexibility index (Phi) is 4.45. The maximum atomic E-state index is 11.3. The number of aryl methyl sites for hydroxylation is 2. The average Bonchev–Trinajstić information content (AvgIpc) is 2.72. The normalized spacial score (nSPS) is 10.6. The fourth-order valence-corrected chi connectivity index (χ4v) is 2.30. The number of nitrogens with one attached hydrogen (secondary N) is 1. The molecule has 0 aliphatic carbocycles. The molecule has 0 fully saturated rings. The van der Waals surface area contributed by atoms with Gasteiger partial charge in [0.2, 0.25) is 5.91 Å². The molecule has 1 N–H and O–H groups in total. The molecule has 1 heterocycles. The molecule has 2 rings (SSSR count). The number of benzene rings is 1. The van der Waals surface area contributed by atoms with Gasteiger partial charge in [-0.15, -0.1) is 11.6 Å². The first-order valence-corrected chi connectivity index (χ1v) is 7.01. The van der Waals surface area contributed by atoms with Crippen LogP contribution in [0.1, 0.15) is 22.5 Å². The molecule has 4 nitrogen and oxygen atoms in total. The monoisotopic (exact) mass is 291 g/mol. The van der Waals surface area contributed by atoms with Crippen LogP contribution in [0.2, 0.25) is 0 Å². The lowest BCUT2D eigenvalue weighted by Gasteiger charge is -2.08. The molecule has 1 amide bonds. The van der Waals surface area contributed by atoms with E-state index in [-0.39, 0.29) is 11.8 Å². The maximum Gasteiger partial charge on any atom is 0.235 e. The molecule has 20 heavy (non-hydrogen) atoms. The summed E-state index contributed by atoms with van der Waals surface area (Å²) >= 11 is 5.49.